The quantitative estimate of drug-likeness (QED) is 0.759. The largest absolute Gasteiger partial charge is 0.313 e. The van der Waals surface area contributed by atoms with Crippen LogP contribution < -0.4 is 5.32 Å². The first-order chi connectivity index (χ1) is 10.1. The molecule has 1 nitrogen and oxygen atoms in total. The first-order valence-electron chi connectivity index (χ1n) is 7.34. The van der Waals surface area contributed by atoms with E-state index < -0.39 is 0 Å². The van der Waals surface area contributed by atoms with Crippen molar-refractivity contribution >= 4 is 23.2 Å². The van der Waals surface area contributed by atoms with E-state index in [0.29, 0.717) is 22.0 Å². The minimum absolute atomic E-state index is 0.327. The second-order valence-corrected chi connectivity index (χ2v) is 6.07. The maximum Gasteiger partial charge on any atom is 0.0624 e. The molecule has 0 saturated carbocycles. The average Bonchev–Trinajstić information content (AvgIpc) is 2.51. The highest BCUT2D eigenvalue weighted by atomic mass is 35.5. The third kappa shape index (κ3) is 4.23. The maximum absolute atomic E-state index is 6.33. The lowest BCUT2D eigenvalue weighted by Gasteiger charge is -2.26. The lowest BCUT2D eigenvalue weighted by Crippen LogP contribution is -2.35. The molecular formula is C18H21Cl2N. The molecule has 2 atom stereocenters. The van der Waals surface area contributed by atoms with Crippen molar-refractivity contribution in [2.45, 2.75) is 32.2 Å². The van der Waals surface area contributed by atoms with Gasteiger partial charge in [-0.15, -0.1) is 0 Å². The summed E-state index contributed by atoms with van der Waals surface area (Å²) in [4.78, 5) is 0. The fourth-order valence-electron chi connectivity index (χ4n) is 2.62. The van der Waals surface area contributed by atoms with E-state index in [0.717, 1.165) is 18.5 Å². The van der Waals surface area contributed by atoms with Crippen LogP contribution in [0.4, 0.5) is 0 Å². The fraction of sp³-hybridized carbons (Fsp3) is 0.333. The van der Waals surface area contributed by atoms with Crippen molar-refractivity contribution in [3.05, 3.63) is 69.7 Å². The van der Waals surface area contributed by atoms with E-state index in [1.54, 1.807) is 0 Å². The highest BCUT2D eigenvalue weighted by molar-refractivity contribution is 6.42. The van der Waals surface area contributed by atoms with Crippen LogP contribution in [0.2, 0.25) is 10.0 Å². The van der Waals surface area contributed by atoms with Crippen LogP contribution in [0, 0.1) is 0 Å². The molecule has 0 amide bonds. The minimum atomic E-state index is 0.327. The zero-order chi connectivity index (χ0) is 15.2. The summed E-state index contributed by atoms with van der Waals surface area (Å²) >= 11 is 12.4. The normalized spacial score (nSPS) is 13.9. The van der Waals surface area contributed by atoms with Crippen LogP contribution in [0.5, 0.6) is 0 Å². The van der Waals surface area contributed by atoms with Crippen LogP contribution in [0.3, 0.4) is 0 Å². The molecule has 0 heterocycles. The Bertz CT molecular complexity index is 569. The standard InChI is InChI=1S/C18H21Cl2N/c1-3-21-17(13(2)14-8-5-4-6-9-14)12-15-10-7-11-16(19)18(15)20/h4-11,13,17,21H,3,12H2,1-2H3. The molecule has 3 heteroatoms. The van der Waals surface area contributed by atoms with E-state index in [-0.39, 0.29) is 0 Å². The SMILES string of the molecule is CCNC(Cc1cccc(Cl)c1Cl)C(C)c1ccccc1. The summed E-state index contributed by atoms with van der Waals surface area (Å²) in [6, 6.07) is 16.7. The van der Waals surface area contributed by atoms with E-state index in [1.165, 1.54) is 5.56 Å². The number of hydrogen-bond donors (Lipinski definition) is 1. The number of benzene rings is 2. The molecule has 112 valence electrons. The van der Waals surface area contributed by atoms with Gasteiger partial charge in [0.2, 0.25) is 0 Å². The van der Waals surface area contributed by atoms with Crippen LogP contribution in [-0.2, 0) is 6.42 Å². The van der Waals surface area contributed by atoms with Crippen molar-refractivity contribution in [2.24, 2.45) is 0 Å². The summed E-state index contributed by atoms with van der Waals surface area (Å²) in [6.07, 6.45) is 0.864. The van der Waals surface area contributed by atoms with Crippen molar-refractivity contribution < 1.29 is 0 Å². The predicted octanol–water partition coefficient (Wildman–Crippen LogP) is 5.32. The molecule has 1 N–H and O–H groups in total. The van der Waals surface area contributed by atoms with Gasteiger partial charge in [0.1, 0.15) is 0 Å². The van der Waals surface area contributed by atoms with Crippen LogP contribution in [0.25, 0.3) is 0 Å². The molecule has 2 aromatic carbocycles. The lowest BCUT2D eigenvalue weighted by molar-refractivity contribution is 0.458. The van der Waals surface area contributed by atoms with Crippen LogP contribution in [0.1, 0.15) is 30.9 Å². The fourth-order valence-corrected chi connectivity index (χ4v) is 3.02. The minimum Gasteiger partial charge on any atom is -0.313 e. The molecule has 0 radical (unpaired) electrons. The number of likely N-dealkylation sites (N-methyl/N-ethyl adjacent to an activating group) is 1. The smallest absolute Gasteiger partial charge is 0.0624 e. The Morgan fingerprint density at radius 2 is 1.71 bits per heavy atom. The van der Waals surface area contributed by atoms with E-state index in [2.05, 4.69) is 49.5 Å². The van der Waals surface area contributed by atoms with Crippen molar-refractivity contribution in [1.29, 1.82) is 0 Å². The topological polar surface area (TPSA) is 12.0 Å². The molecule has 0 saturated heterocycles. The molecule has 0 aliphatic heterocycles. The third-order valence-electron chi connectivity index (χ3n) is 3.87. The second-order valence-electron chi connectivity index (χ2n) is 5.28. The molecule has 21 heavy (non-hydrogen) atoms. The zero-order valence-electron chi connectivity index (χ0n) is 12.4. The predicted molar refractivity (Wildman–Crippen MR) is 92.5 cm³/mol. The Labute approximate surface area is 137 Å². The Morgan fingerprint density at radius 1 is 1.00 bits per heavy atom. The summed E-state index contributed by atoms with van der Waals surface area (Å²) in [5, 5.41) is 4.87. The monoisotopic (exact) mass is 321 g/mol. The van der Waals surface area contributed by atoms with Gasteiger partial charge >= 0.3 is 0 Å². The molecule has 2 unspecified atom stereocenters. The molecule has 0 bridgehead atoms. The molecule has 0 aromatic heterocycles. The summed E-state index contributed by atoms with van der Waals surface area (Å²) < 4.78 is 0. The second kappa shape index (κ2) is 7.84. The Hall–Kier alpha value is -1.02. The zero-order valence-corrected chi connectivity index (χ0v) is 14.0. The van der Waals surface area contributed by atoms with E-state index in [9.17, 15) is 0 Å². The summed E-state index contributed by atoms with van der Waals surface area (Å²) in [5.41, 5.74) is 2.43. The van der Waals surface area contributed by atoms with Crippen molar-refractivity contribution in [2.75, 3.05) is 6.54 Å². The number of halogens is 2. The van der Waals surface area contributed by atoms with Crippen molar-refractivity contribution in [3.8, 4) is 0 Å². The van der Waals surface area contributed by atoms with Crippen molar-refractivity contribution in [1.82, 2.24) is 5.32 Å². The van der Waals surface area contributed by atoms with Gasteiger partial charge < -0.3 is 5.32 Å². The van der Waals surface area contributed by atoms with Gasteiger partial charge in [-0.1, -0.05) is 79.5 Å². The average molecular weight is 322 g/mol. The number of nitrogens with one attached hydrogen (secondary N) is 1. The van der Waals surface area contributed by atoms with Crippen LogP contribution in [-0.4, -0.2) is 12.6 Å². The summed E-state index contributed by atoms with van der Waals surface area (Å²) in [7, 11) is 0. The highest BCUT2D eigenvalue weighted by Crippen LogP contribution is 2.29. The molecule has 2 aromatic rings. The number of rotatable bonds is 6. The van der Waals surface area contributed by atoms with Crippen molar-refractivity contribution in [3.63, 3.8) is 0 Å². The molecule has 0 spiro atoms. The van der Waals surface area contributed by atoms with Gasteiger partial charge in [0.25, 0.3) is 0 Å². The van der Waals surface area contributed by atoms with Crippen LogP contribution >= 0.6 is 23.2 Å². The molecule has 0 aliphatic carbocycles. The van der Waals surface area contributed by atoms with Gasteiger partial charge in [0, 0.05) is 6.04 Å². The van der Waals surface area contributed by atoms with E-state index in [4.69, 9.17) is 23.2 Å². The Balaban J connectivity index is 2.21. The van der Waals surface area contributed by atoms with Gasteiger partial charge in [-0.3, -0.25) is 0 Å². The molecule has 0 aliphatic rings. The van der Waals surface area contributed by atoms with Gasteiger partial charge in [-0.25, -0.2) is 0 Å². The summed E-state index contributed by atoms with van der Waals surface area (Å²) in [5.74, 6) is 0.404. The van der Waals surface area contributed by atoms with E-state index >= 15 is 0 Å². The van der Waals surface area contributed by atoms with Gasteiger partial charge in [-0.2, -0.15) is 0 Å². The van der Waals surface area contributed by atoms with Crippen LogP contribution in [0.15, 0.2) is 48.5 Å². The first kappa shape index (κ1) is 16.4. The molecule has 2 rings (SSSR count). The first-order valence-corrected chi connectivity index (χ1v) is 8.10. The van der Waals surface area contributed by atoms with Gasteiger partial charge in [0.05, 0.1) is 10.0 Å². The maximum atomic E-state index is 6.33. The molecule has 0 fully saturated rings. The third-order valence-corrected chi connectivity index (χ3v) is 4.72. The highest BCUT2D eigenvalue weighted by Gasteiger charge is 2.20. The molecular weight excluding hydrogens is 301 g/mol. The van der Waals surface area contributed by atoms with Gasteiger partial charge in [-0.05, 0) is 36.1 Å². The number of hydrogen-bond acceptors (Lipinski definition) is 1. The Kier molecular flexibility index (Phi) is 6.10. The van der Waals surface area contributed by atoms with Gasteiger partial charge in [0.15, 0.2) is 0 Å². The Morgan fingerprint density at radius 3 is 2.38 bits per heavy atom. The lowest BCUT2D eigenvalue weighted by atomic mass is 9.89. The summed E-state index contributed by atoms with van der Waals surface area (Å²) in [6.45, 7) is 5.31. The van der Waals surface area contributed by atoms with E-state index in [1.807, 2.05) is 18.2 Å².